The van der Waals surface area contributed by atoms with Gasteiger partial charge in [0.25, 0.3) is 0 Å². The number of halogens is 2. The number of nitrogens with one attached hydrogen (secondary N) is 1. The molecule has 0 amide bonds. The molecule has 0 saturated carbocycles. The molecule has 0 aromatic carbocycles. The molecule has 0 saturated heterocycles. The van der Waals surface area contributed by atoms with Crippen LogP contribution >= 0.6 is 27.5 Å². The van der Waals surface area contributed by atoms with Crippen LogP contribution in [0.2, 0.25) is 5.02 Å². The van der Waals surface area contributed by atoms with E-state index in [-0.39, 0.29) is 6.04 Å². The smallest absolute Gasteiger partial charge is 0.145 e. The summed E-state index contributed by atoms with van der Waals surface area (Å²) in [5.74, 6) is 0.680. The second-order valence-electron chi connectivity index (χ2n) is 3.63. The zero-order valence-corrected chi connectivity index (χ0v) is 11.5. The second kappa shape index (κ2) is 5.47. The molecule has 1 unspecified atom stereocenters. The first kappa shape index (κ1) is 12.3. The van der Waals surface area contributed by atoms with E-state index >= 15 is 0 Å². The maximum atomic E-state index is 6.09. The molecule has 0 aliphatic heterocycles. The molecule has 2 aromatic heterocycles. The Morgan fingerprint density at radius 3 is 2.71 bits per heavy atom. The number of rotatable bonds is 3. The van der Waals surface area contributed by atoms with Gasteiger partial charge >= 0.3 is 0 Å². The first-order chi connectivity index (χ1) is 8.16. The highest BCUT2D eigenvalue weighted by Gasteiger charge is 2.08. The largest absolute Gasteiger partial charge is 0.362 e. The predicted molar refractivity (Wildman–Crippen MR) is 73.2 cm³/mol. The Balaban J connectivity index is 2.16. The highest BCUT2D eigenvalue weighted by atomic mass is 79.9. The summed E-state index contributed by atoms with van der Waals surface area (Å²) in [6.45, 7) is 2.05. The number of nitrogens with zero attached hydrogens (tertiary/aromatic N) is 2. The third-order valence-corrected chi connectivity index (χ3v) is 3.09. The fourth-order valence-electron chi connectivity index (χ4n) is 1.46. The van der Waals surface area contributed by atoms with E-state index in [0.29, 0.717) is 10.8 Å². The molecule has 0 fully saturated rings. The lowest BCUT2D eigenvalue weighted by molar-refractivity contribution is 0.871. The summed E-state index contributed by atoms with van der Waals surface area (Å²) in [6.07, 6.45) is 5.25. The fourth-order valence-corrected chi connectivity index (χ4v) is 2.15. The number of aromatic nitrogens is 2. The Kier molecular flexibility index (Phi) is 3.97. The molecule has 5 heteroatoms. The lowest BCUT2D eigenvalue weighted by atomic mass is 10.1. The third-order valence-electron chi connectivity index (χ3n) is 2.37. The fraction of sp³-hybridized carbons (Fsp3) is 0.167. The molecule has 1 N–H and O–H groups in total. The van der Waals surface area contributed by atoms with Crippen LogP contribution in [0.3, 0.4) is 0 Å². The Bertz CT molecular complexity index is 504. The average molecular weight is 313 g/mol. The summed E-state index contributed by atoms with van der Waals surface area (Å²) < 4.78 is 0.865. The van der Waals surface area contributed by atoms with Gasteiger partial charge < -0.3 is 5.32 Å². The summed E-state index contributed by atoms with van der Waals surface area (Å²) in [5.41, 5.74) is 1.14. The van der Waals surface area contributed by atoms with E-state index in [4.69, 9.17) is 11.6 Å². The van der Waals surface area contributed by atoms with Gasteiger partial charge in [-0.05, 0) is 46.6 Å². The molecule has 0 radical (unpaired) electrons. The van der Waals surface area contributed by atoms with Crippen LogP contribution in [0, 0.1) is 0 Å². The van der Waals surface area contributed by atoms with Crippen molar-refractivity contribution in [3.63, 3.8) is 0 Å². The standard InChI is InChI=1S/C12H11BrClN3/c1-8(9-2-4-15-5-3-9)17-12-11(14)6-10(13)7-16-12/h2-8H,1H3,(H,16,17). The monoisotopic (exact) mass is 311 g/mol. The maximum absolute atomic E-state index is 6.09. The van der Waals surface area contributed by atoms with E-state index in [1.807, 2.05) is 18.2 Å². The number of hydrogen-bond donors (Lipinski definition) is 1. The van der Waals surface area contributed by atoms with Crippen LogP contribution in [0.5, 0.6) is 0 Å². The Morgan fingerprint density at radius 2 is 2.06 bits per heavy atom. The van der Waals surface area contributed by atoms with Gasteiger partial charge in [0.2, 0.25) is 0 Å². The van der Waals surface area contributed by atoms with Crippen molar-refractivity contribution >= 4 is 33.3 Å². The van der Waals surface area contributed by atoms with Crippen molar-refractivity contribution in [2.24, 2.45) is 0 Å². The van der Waals surface area contributed by atoms with Crippen LogP contribution in [0.1, 0.15) is 18.5 Å². The molecular weight excluding hydrogens is 302 g/mol. The van der Waals surface area contributed by atoms with Crippen molar-refractivity contribution in [3.05, 3.63) is 51.8 Å². The van der Waals surface area contributed by atoms with Crippen LogP contribution in [-0.4, -0.2) is 9.97 Å². The minimum absolute atomic E-state index is 0.129. The van der Waals surface area contributed by atoms with Gasteiger partial charge in [0.1, 0.15) is 5.82 Å². The van der Waals surface area contributed by atoms with Crippen LogP contribution in [0.4, 0.5) is 5.82 Å². The summed E-state index contributed by atoms with van der Waals surface area (Å²) in [5, 5.41) is 3.86. The van der Waals surface area contributed by atoms with Crippen LogP contribution in [0.25, 0.3) is 0 Å². The molecule has 0 spiro atoms. The van der Waals surface area contributed by atoms with Crippen molar-refractivity contribution in [1.29, 1.82) is 0 Å². The molecule has 0 bridgehead atoms. The van der Waals surface area contributed by atoms with Gasteiger partial charge in [-0.25, -0.2) is 4.98 Å². The Labute approximate surface area is 113 Å². The van der Waals surface area contributed by atoms with Gasteiger partial charge in [0, 0.05) is 23.1 Å². The Hall–Kier alpha value is -1.13. The summed E-state index contributed by atoms with van der Waals surface area (Å²) in [7, 11) is 0. The summed E-state index contributed by atoms with van der Waals surface area (Å²) in [4.78, 5) is 8.23. The van der Waals surface area contributed by atoms with E-state index < -0.39 is 0 Å². The zero-order chi connectivity index (χ0) is 12.3. The lowest BCUT2D eigenvalue weighted by Crippen LogP contribution is -2.08. The van der Waals surface area contributed by atoms with Gasteiger partial charge in [-0.3, -0.25) is 4.98 Å². The van der Waals surface area contributed by atoms with Gasteiger partial charge in [-0.2, -0.15) is 0 Å². The molecule has 2 heterocycles. The second-order valence-corrected chi connectivity index (χ2v) is 4.95. The third kappa shape index (κ3) is 3.17. The number of anilines is 1. The molecule has 2 rings (SSSR count). The van der Waals surface area contributed by atoms with E-state index in [2.05, 4.69) is 38.1 Å². The van der Waals surface area contributed by atoms with Gasteiger partial charge in [0.15, 0.2) is 0 Å². The molecule has 0 aliphatic rings. The van der Waals surface area contributed by atoms with Gasteiger partial charge in [0.05, 0.1) is 11.1 Å². The first-order valence-electron chi connectivity index (χ1n) is 5.14. The van der Waals surface area contributed by atoms with E-state index in [1.54, 1.807) is 18.6 Å². The van der Waals surface area contributed by atoms with E-state index in [1.165, 1.54) is 0 Å². The van der Waals surface area contributed by atoms with Crippen LogP contribution < -0.4 is 5.32 Å². The SMILES string of the molecule is CC(Nc1ncc(Br)cc1Cl)c1ccncc1. The Morgan fingerprint density at radius 1 is 1.35 bits per heavy atom. The van der Waals surface area contributed by atoms with E-state index in [0.717, 1.165) is 10.0 Å². The molecule has 2 aromatic rings. The molecule has 88 valence electrons. The number of pyridine rings is 2. The summed E-state index contributed by atoms with van der Waals surface area (Å²) in [6, 6.07) is 5.87. The minimum atomic E-state index is 0.129. The van der Waals surface area contributed by atoms with Crippen molar-refractivity contribution in [2.45, 2.75) is 13.0 Å². The molecule has 3 nitrogen and oxygen atoms in total. The molecule has 1 atom stereocenters. The van der Waals surface area contributed by atoms with Crippen molar-refractivity contribution in [1.82, 2.24) is 9.97 Å². The predicted octanol–water partition coefficient (Wildman–Crippen LogP) is 4.07. The van der Waals surface area contributed by atoms with Gasteiger partial charge in [-0.15, -0.1) is 0 Å². The number of hydrogen-bond acceptors (Lipinski definition) is 3. The quantitative estimate of drug-likeness (QED) is 0.928. The first-order valence-corrected chi connectivity index (χ1v) is 6.31. The minimum Gasteiger partial charge on any atom is -0.362 e. The highest BCUT2D eigenvalue weighted by molar-refractivity contribution is 9.10. The maximum Gasteiger partial charge on any atom is 0.145 e. The normalized spacial score (nSPS) is 12.2. The highest BCUT2D eigenvalue weighted by Crippen LogP contribution is 2.26. The zero-order valence-electron chi connectivity index (χ0n) is 9.19. The molecule has 17 heavy (non-hydrogen) atoms. The summed E-state index contributed by atoms with van der Waals surface area (Å²) >= 11 is 9.42. The average Bonchev–Trinajstić information content (AvgIpc) is 2.34. The van der Waals surface area contributed by atoms with Crippen molar-refractivity contribution in [3.8, 4) is 0 Å². The van der Waals surface area contributed by atoms with Crippen LogP contribution in [-0.2, 0) is 0 Å². The molecule has 0 aliphatic carbocycles. The lowest BCUT2D eigenvalue weighted by Gasteiger charge is -2.15. The van der Waals surface area contributed by atoms with Crippen molar-refractivity contribution < 1.29 is 0 Å². The topological polar surface area (TPSA) is 37.8 Å². The van der Waals surface area contributed by atoms with Gasteiger partial charge in [-0.1, -0.05) is 11.6 Å². The molecular formula is C12H11BrClN3. The van der Waals surface area contributed by atoms with Crippen LogP contribution in [0.15, 0.2) is 41.3 Å². The van der Waals surface area contributed by atoms with Crippen molar-refractivity contribution in [2.75, 3.05) is 5.32 Å². The van der Waals surface area contributed by atoms with E-state index in [9.17, 15) is 0 Å².